The number of aliphatic hydroxyl groups excluding tert-OH is 1. The molecule has 0 spiro atoms. The van der Waals surface area contributed by atoms with Crippen molar-refractivity contribution in [3.05, 3.63) is 65.7 Å². The molecule has 2 rings (SSSR count). The van der Waals surface area contributed by atoms with Gasteiger partial charge in [0.2, 0.25) is 0 Å². The van der Waals surface area contributed by atoms with E-state index in [0.29, 0.717) is 5.56 Å². The Kier molecular flexibility index (Phi) is 4.23. The predicted octanol–water partition coefficient (Wildman–Crippen LogP) is 4.03. The zero-order chi connectivity index (χ0) is 15.5. The van der Waals surface area contributed by atoms with Crippen LogP contribution >= 0.6 is 0 Å². The van der Waals surface area contributed by atoms with Gasteiger partial charge >= 0.3 is 6.18 Å². The fraction of sp³-hybridized carbons (Fsp3) is 0.250. The van der Waals surface area contributed by atoms with Crippen molar-refractivity contribution >= 4 is 5.69 Å². The van der Waals surface area contributed by atoms with Crippen LogP contribution in [-0.2, 0) is 11.7 Å². The summed E-state index contributed by atoms with van der Waals surface area (Å²) in [6, 6.07) is 14.1. The van der Waals surface area contributed by atoms with Crippen molar-refractivity contribution in [3.8, 4) is 0 Å². The average molecular weight is 295 g/mol. The van der Waals surface area contributed by atoms with Crippen LogP contribution in [0.1, 0.15) is 18.1 Å². The van der Waals surface area contributed by atoms with Gasteiger partial charge in [0.15, 0.2) is 0 Å². The molecule has 2 nitrogen and oxygen atoms in total. The second kappa shape index (κ2) is 5.77. The van der Waals surface area contributed by atoms with Gasteiger partial charge in [-0.15, -0.1) is 0 Å². The lowest BCUT2D eigenvalue weighted by molar-refractivity contribution is -0.137. The Morgan fingerprint density at radius 1 is 0.952 bits per heavy atom. The molecule has 0 saturated heterocycles. The van der Waals surface area contributed by atoms with E-state index in [1.807, 2.05) is 6.07 Å². The van der Waals surface area contributed by atoms with Gasteiger partial charge in [0.05, 0.1) is 17.7 Å². The van der Waals surface area contributed by atoms with Crippen LogP contribution in [-0.4, -0.2) is 11.7 Å². The van der Waals surface area contributed by atoms with E-state index in [1.165, 1.54) is 18.2 Å². The van der Waals surface area contributed by atoms with Crippen LogP contribution in [0.25, 0.3) is 0 Å². The number of rotatable bonds is 4. The van der Waals surface area contributed by atoms with Crippen molar-refractivity contribution in [1.82, 2.24) is 0 Å². The monoisotopic (exact) mass is 295 g/mol. The Morgan fingerprint density at radius 2 is 1.52 bits per heavy atom. The first-order valence-corrected chi connectivity index (χ1v) is 6.47. The first kappa shape index (κ1) is 15.4. The summed E-state index contributed by atoms with van der Waals surface area (Å²) in [5.41, 5.74) is -1.08. The van der Waals surface area contributed by atoms with E-state index < -0.39 is 17.3 Å². The zero-order valence-electron chi connectivity index (χ0n) is 11.5. The van der Waals surface area contributed by atoms with Crippen molar-refractivity contribution in [1.29, 1.82) is 0 Å². The zero-order valence-corrected chi connectivity index (χ0v) is 11.5. The molecule has 2 aromatic rings. The fourth-order valence-corrected chi connectivity index (χ4v) is 2.15. The maximum absolute atomic E-state index is 13.0. The van der Waals surface area contributed by atoms with Crippen molar-refractivity contribution in [2.45, 2.75) is 18.6 Å². The summed E-state index contributed by atoms with van der Waals surface area (Å²) < 4.78 is 39.1. The highest BCUT2D eigenvalue weighted by atomic mass is 19.4. The Morgan fingerprint density at radius 3 is 2.10 bits per heavy atom. The minimum Gasteiger partial charge on any atom is -0.394 e. The predicted molar refractivity (Wildman–Crippen MR) is 75.9 cm³/mol. The molecule has 112 valence electrons. The smallest absolute Gasteiger partial charge is 0.394 e. The second-order valence-corrected chi connectivity index (χ2v) is 5.02. The summed E-state index contributed by atoms with van der Waals surface area (Å²) >= 11 is 0. The molecule has 0 radical (unpaired) electrons. The molecule has 2 N–H and O–H groups in total. The van der Waals surface area contributed by atoms with Crippen LogP contribution in [0, 0.1) is 0 Å². The number of aliphatic hydroxyl groups is 1. The van der Waals surface area contributed by atoms with Crippen LogP contribution in [0.2, 0.25) is 0 Å². The summed E-state index contributed by atoms with van der Waals surface area (Å²) in [5, 5.41) is 12.5. The van der Waals surface area contributed by atoms with E-state index in [0.717, 1.165) is 6.07 Å². The minimum atomic E-state index is -4.45. The number of halogens is 3. The van der Waals surface area contributed by atoms with Crippen LogP contribution < -0.4 is 5.32 Å². The van der Waals surface area contributed by atoms with Crippen LogP contribution in [0.15, 0.2) is 54.6 Å². The first-order chi connectivity index (χ1) is 9.87. The molecule has 0 saturated carbocycles. The lowest BCUT2D eigenvalue weighted by Crippen LogP contribution is -2.36. The van der Waals surface area contributed by atoms with E-state index in [4.69, 9.17) is 0 Å². The van der Waals surface area contributed by atoms with E-state index >= 15 is 0 Å². The van der Waals surface area contributed by atoms with Crippen molar-refractivity contribution < 1.29 is 18.3 Å². The molecule has 0 fully saturated rings. The molecule has 2 aromatic carbocycles. The molecular weight excluding hydrogens is 279 g/mol. The number of para-hydroxylation sites is 1. The summed E-state index contributed by atoms with van der Waals surface area (Å²) in [6.45, 7) is 1.33. The Hall–Kier alpha value is -2.01. The number of anilines is 1. The number of nitrogens with one attached hydrogen (secondary N) is 1. The van der Waals surface area contributed by atoms with Gasteiger partial charge in [0.1, 0.15) is 0 Å². The Labute approximate surface area is 121 Å². The second-order valence-electron chi connectivity index (χ2n) is 5.02. The molecule has 0 amide bonds. The number of hydrogen-bond acceptors (Lipinski definition) is 2. The van der Waals surface area contributed by atoms with Crippen molar-refractivity contribution in [2.24, 2.45) is 0 Å². The van der Waals surface area contributed by atoms with Crippen LogP contribution in [0.3, 0.4) is 0 Å². The van der Waals surface area contributed by atoms with Gasteiger partial charge in [0.25, 0.3) is 0 Å². The van der Waals surface area contributed by atoms with Gasteiger partial charge < -0.3 is 10.4 Å². The van der Waals surface area contributed by atoms with Crippen molar-refractivity contribution in [3.63, 3.8) is 0 Å². The van der Waals surface area contributed by atoms with E-state index in [2.05, 4.69) is 5.32 Å². The fourth-order valence-electron chi connectivity index (χ4n) is 2.15. The van der Waals surface area contributed by atoms with Gasteiger partial charge in [-0.1, -0.05) is 42.5 Å². The highest BCUT2D eigenvalue weighted by Gasteiger charge is 2.35. The standard InChI is InChI=1S/C16H16F3NO/c1-15(11-21,12-7-3-2-4-8-12)20-14-10-6-5-9-13(14)16(17,18)19/h2-10,20-21H,11H2,1H3. The molecular formula is C16H16F3NO. The van der Waals surface area contributed by atoms with Crippen LogP contribution in [0.4, 0.5) is 18.9 Å². The summed E-state index contributed by atoms with van der Waals surface area (Å²) in [5.74, 6) is 0. The molecule has 0 aliphatic heterocycles. The normalized spacial score (nSPS) is 14.5. The molecule has 0 aliphatic rings. The third-order valence-electron chi connectivity index (χ3n) is 3.37. The molecule has 5 heteroatoms. The molecule has 0 aromatic heterocycles. The molecule has 0 heterocycles. The lowest BCUT2D eigenvalue weighted by Gasteiger charge is -2.31. The Balaban J connectivity index is 2.41. The quantitative estimate of drug-likeness (QED) is 0.892. The van der Waals surface area contributed by atoms with Crippen molar-refractivity contribution in [2.75, 3.05) is 11.9 Å². The third-order valence-corrected chi connectivity index (χ3v) is 3.37. The largest absolute Gasteiger partial charge is 0.418 e. The molecule has 1 unspecified atom stereocenters. The minimum absolute atomic E-state index is 0.0506. The molecule has 21 heavy (non-hydrogen) atoms. The summed E-state index contributed by atoms with van der Waals surface area (Å²) in [6.07, 6.45) is -4.45. The number of hydrogen-bond donors (Lipinski definition) is 2. The number of benzene rings is 2. The maximum Gasteiger partial charge on any atom is 0.418 e. The summed E-state index contributed by atoms with van der Waals surface area (Å²) in [4.78, 5) is 0. The van der Waals surface area contributed by atoms with Gasteiger partial charge in [-0.05, 0) is 24.6 Å². The van der Waals surface area contributed by atoms with Gasteiger partial charge in [-0.25, -0.2) is 0 Å². The molecule has 1 atom stereocenters. The van der Waals surface area contributed by atoms with Crippen LogP contribution in [0.5, 0.6) is 0 Å². The SMILES string of the molecule is CC(CO)(Nc1ccccc1C(F)(F)F)c1ccccc1. The Bertz CT molecular complexity index is 598. The third kappa shape index (κ3) is 3.36. The van der Waals surface area contributed by atoms with E-state index in [9.17, 15) is 18.3 Å². The van der Waals surface area contributed by atoms with Gasteiger partial charge in [-0.3, -0.25) is 0 Å². The van der Waals surface area contributed by atoms with E-state index in [1.54, 1.807) is 31.2 Å². The first-order valence-electron chi connectivity index (χ1n) is 6.47. The topological polar surface area (TPSA) is 32.3 Å². The maximum atomic E-state index is 13.0. The number of alkyl halides is 3. The van der Waals surface area contributed by atoms with Gasteiger partial charge in [-0.2, -0.15) is 13.2 Å². The average Bonchev–Trinajstić information content (AvgIpc) is 2.47. The highest BCUT2D eigenvalue weighted by molar-refractivity contribution is 5.55. The molecule has 0 aliphatic carbocycles. The van der Waals surface area contributed by atoms with E-state index in [-0.39, 0.29) is 12.3 Å². The summed E-state index contributed by atoms with van der Waals surface area (Å²) in [7, 11) is 0. The highest BCUT2D eigenvalue weighted by Crippen LogP contribution is 2.37. The lowest BCUT2D eigenvalue weighted by atomic mass is 9.92. The molecule has 0 bridgehead atoms. The van der Waals surface area contributed by atoms with Gasteiger partial charge in [0, 0.05) is 5.69 Å².